The standard InChI is InChI=1S/C22H25N7O3S/c1-4-28-19-9-8-16(33(31,32)27(2)3)15-18(19)25-20(28)10-11-21(30)26-17-7-5-12-23-22(17)29-14-6-13-24-29/h5-9,12-15H,4,10-11H2,1-3H3,(H,26,30). The topological polar surface area (TPSA) is 115 Å². The second-order valence-electron chi connectivity index (χ2n) is 7.58. The highest BCUT2D eigenvalue weighted by Crippen LogP contribution is 2.23. The van der Waals surface area contributed by atoms with Crippen molar-refractivity contribution < 1.29 is 13.2 Å². The molecule has 0 saturated carbocycles. The lowest BCUT2D eigenvalue weighted by molar-refractivity contribution is -0.116. The Bertz CT molecular complexity index is 1390. The Balaban J connectivity index is 1.53. The number of anilines is 1. The maximum atomic E-state index is 12.7. The van der Waals surface area contributed by atoms with Crippen LogP contribution in [0.4, 0.5) is 5.69 Å². The van der Waals surface area contributed by atoms with Gasteiger partial charge in [0.25, 0.3) is 0 Å². The van der Waals surface area contributed by atoms with Gasteiger partial charge in [0.15, 0.2) is 5.82 Å². The molecule has 0 saturated heterocycles. The third-order valence-electron chi connectivity index (χ3n) is 5.25. The second-order valence-corrected chi connectivity index (χ2v) is 9.74. The Kier molecular flexibility index (Phi) is 6.25. The van der Waals surface area contributed by atoms with Crippen molar-refractivity contribution in [3.05, 3.63) is 60.8 Å². The molecule has 3 aromatic heterocycles. The van der Waals surface area contributed by atoms with Gasteiger partial charge in [-0.2, -0.15) is 5.10 Å². The number of fused-ring (bicyclic) bond motifs is 1. The van der Waals surface area contributed by atoms with Crippen LogP contribution in [-0.2, 0) is 27.8 Å². The van der Waals surface area contributed by atoms with Crippen LogP contribution in [0.3, 0.4) is 0 Å². The summed E-state index contributed by atoms with van der Waals surface area (Å²) < 4.78 is 29.7. The van der Waals surface area contributed by atoms with Crippen LogP contribution in [-0.4, -0.2) is 57.0 Å². The molecule has 0 atom stereocenters. The number of pyridine rings is 1. The molecule has 1 amide bonds. The SMILES string of the molecule is CCn1c(CCC(=O)Nc2cccnc2-n2cccn2)nc2cc(S(=O)(=O)N(C)C)ccc21. The van der Waals surface area contributed by atoms with E-state index in [9.17, 15) is 13.2 Å². The third kappa shape index (κ3) is 4.50. The lowest BCUT2D eigenvalue weighted by Crippen LogP contribution is -2.22. The molecule has 33 heavy (non-hydrogen) atoms. The van der Waals surface area contributed by atoms with Crippen LogP contribution in [0.5, 0.6) is 0 Å². The smallest absolute Gasteiger partial charge is 0.242 e. The van der Waals surface area contributed by atoms with Crippen LogP contribution in [0.2, 0.25) is 0 Å². The van der Waals surface area contributed by atoms with Gasteiger partial charge < -0.3 is 9.88 Å². The second kappa shape index (κ2) is 9.12. The lowest BCUT2D eigenvalue weighted by Gasteiger charge is -2.11. The molecule has 4 aromatic rings. The van der Waals surface area contributed by atoms with Crippen molar-refractivity contribution in [2.75, 3.05) is 19.4 Å². The Morgan fingerprint density at radius 2 is 1.97 bits per heavy atom. The largest absolute Gasteiger partial charge is 0.328 e. The number of hydrogen-bond acceptors (Lipinski definition) is 6. The van der Waals surface area contributed by atoms with E-state index in [1.165, 1.54) is 18.4 Å². The van der Waals surface area contributed by atoms with Gasteiger partial charge in [-0.15, -0.1) is 0 Å². The van der Waals surface area contributed by atoms with E-state index in [1.807, 2.05) is 11.5 Å². The minimum absolute atomic E-state index is 0.179. The van der Waals surface area contributed by atoms with Crippen molar-refractivity contribution in [3.8, 4) is 5.82 Å². The normalized spacial score (nSPS) is 11.9. The van der Waals surface area contributed by atoms with E-state index in [-0.39, 0.29) is 17.2 Å². The zero-order valence-electron chi connectivity index (χ0n) is 18.6. The number of imidazole rings is 1. The van der Waals surface area contributed by atoms with Gasteiger partial charge in [-0.25, -0.2) is 27.4 Å². The predicted molar refractivity (Wildman–Crippen MR) is 125 cm³/mol. The number of aromatic nitrogens is 5. The molecule has 0 spiro atoms. The van der Waals surface area contributed by atoms with E-state index in [0.29, 0.717) is 30.0 Å². The van der Waals surface area contributed by atoms with E-state index < -0.39 is 10.0 Å². The van der Waals surface area contributed by atoms with Gasteiger partial charge in [-0.1, -0.05) is 0 Å². The number of carbonyl (C=O) groups is 1. The molecule has 10 nitrogen and oxygen atoms in total. The number of nitrogens with zero attached hydrogens (tertiary/aromatic N) is 6. The first-order chi connectivity index (χ1) is 15.8. The highest BCUT2D eigenvalue weighted by atomic mass is 32.2. The minimum Gasteiger partial charge on any atom is -0.328 e. The fourth-order valence-electron chi connectivity index (χ4n) is 3.58. The molecule has 3 heterocycles. The van der Waals surface area contributed by atoms with Gasteiger partial charge in [-0.3, -0.25) is 4.79 Å². The number of benzene rings is 1. The summed E-state index contributed by atoms with van der Waals surface area (Å²) in [5, 5.41) is 7.07. The molecule has 0 aliphatic heterocycles. The molecule has 0 unspecified atom stereocenters. The maximum Gasteiger partial charge on any atom is 0.242 e. The highest BCUT2D eigenvalue weighted by Gasteiger charge is 2.20. The number of amides is 1. The van der Waals surface area contributed by atoms with Gasteiger partial charge in [0.05, 0.1) is 21.6 Å². The average Bonchev–Trinajstić information content (AvgIpc) is 3.45. The summed E-state index contributed by atoms with van der Waals surface area (Å²) in [7, 11) is -0.566. The fraction of sp³-hybridized carbons (Fsp3) is 0.273. The number of rotatable bonds is 8. The van der Waals surface area contributed by atoms with Crippen LogP contribution in [0, 0.1) is 0 Å². The molecule has 0 bridgehead atoms. The minimum atomic E-state index is -3.55. The molecular weight excluding hydrogens is 442 g/mol. The monoisotopic (exact) mass is 467 g/mol. The molecule has 172 valence electrons. The van der Waals surface area contributed by atoms with Crippen molar-refractivity contribution in [3.63, 3.8) is 0 Å². The van der Waals surface area contributed by atoms with Crippen LogP contribution >= 0.6 is 0 Å². The van der Waals surface area contributed by atoms with Gasteiger partial charge in [-0.05, 0) is 43.3 Å². The van der Waals surface area contributed by atoms with Crippen molar-refractivity contribution in [2.45, 2.75) is 31.2 Å². The summed E-state index contributed by atoms with van der Waals surface area (Å²) in [5.41, 5.74) is 1.98. The lowest BCUT2D eigenvalue weighted by atomic mass is 10.2. The summed E-state index contributed by atoms with van der Waals surface area (Å²) in [6, 6.07) is 10.2. The average molecular weight is 468 g/mol. The summed E-state index contributed by atoms with van der Waals surface area (Å²) in [5.74, 6) is 1.08. The summed E-state index contributed by atoms with van der Waals surface area (Å²) >= 11 is 0. The van der Waals surface area contributed by atoms with Crippen LogP contribution < -0.4 is 5.32 Å². The first kappa shape index (κ1) is 22.6. The molecule has 11 heteroatoms. The zero-order chi connectivity index (χ0) is 23.6. The Hall–Kier alpha value is -3.57. The molecule has 0 aliphatic carbocycles. The number of sulfonamides is 1. The Labute approximate surface area is 191 Å². The molecule has 0 fully saturated rings. The molecular formula is C22H25N7O3S. The molecule has 0 radical (unpaired) electrons. The number of aryl methyl sites for hydroxylation is 2. The molecule has 0 aliphatic rings. The van der Waals surface area contributed by atoms with E-state index >= 15 is 0 Å². The quantitative estimate of drug-likeness (QED) is 0.426. The van der Waals surface area contributed by atoms with Gasteiger partial charge in [0, 0.05) is 52.1 Å². The molecule has 1 aromatic carbocycles. The Morgan fingerprint density at radius 3 is 2.67 bits per heavy atom. The number of carbonyl (C=O) groups excluding carboxylic acids is 1. The van der Waals surface area contributed by atoms with E-state index in [2.05, 4.69) is 20.4 Å². The first-order valence-electron chi connectivity index (χ1n) is 10.5. The fourth-order valence-corrected chi connectivity index (χ4v) is 4.51. The van der Waals surface area contributed by atoms with Gasteiger partial charge >= 0.3 is 0 Å². The maximum absolute atomic E-state index is 12.7. The Morgan fingerprint density at radius 1 is 1.15 bits per heavy atom. The van der Waals surface area contributed by atoms with Crippen molar-refractivity contribution in [1.29, 1.82) is 0 Å². The van der Waals surface area contributed by atoms with Crippen LogP contribution in [0.15, 0.2) is 59.9 Å². The van der Waals surface area contributed by atoms with Crippen molar-refractivity contribution in [1.82, 2.24) is 28.6 Å². The summed E-state index contributed by atoms with van der Waals surface area (Å²) in [6.07, 6.45) is 5.65. The highest BCUT2D eigenvalue weighted by molar-refractivity contribution is 7.89. The summed E-state index contributed by atoms with van der Waals surface area (Å²) in [4.78, 5) is 21.8. The van der Waals surface area contributed by atoms with Crippen molar-refractivity contribution >= 4 is 32.7 Å². The predicted octanol–water partition coefficient (Wildman–Crippen LogP) is 2.46. The van der Waals surface area contributed by atoms with Gasteiger partial charge in [0.2, 0.25) is 15.9 Å². The van der Waals surface area contributed by atoms with Crippen LogP contribution in [0.25, 0.3) is 16.9 Å². The molecule has 4 rings (SSSR count). The van der Waals surface area contributed by atoms with E-state index in [1.54, 1.807) is 59.7 Å². The first-order valence-corrected chi connectivity index (χ1v) is 11.9. The van der Waals surface area contributed by atoms with E-state index in [0.717, 1.165) is 11.3 Å². The number of nitrogens with one attached hydrogen (secondary N) is 1. The zero-order valence-corrected chi connectivity index (χ0v) is 19.5. The third-order valence-corrected chi connectivity index (χ3v) is 7.06. The van der Waals surface area contributed by atoms with Gasteiger partial charge in [0.1, 0.15) is 5.82 Å². The van der Waals surface area contributed by atoms with E-state index in [4.69, 9.17) is 0 Å². The summed E-state index contributed by atoms with van der Waals surface area (Å²) in [6.45, 7) is 2.64. The van der Waals surface area contributed by atoms with Crippen molar-refractivity contribution in [2.24, 2.45) is 0 Å². The van der Waals surface area contributed by atoms with Crippen LogP contribution in [0.1, 0.15) is 19.2 Å². The number of hydrogen-bond donors (Lipinski definition) is 1. The molecule has 1 N–H and O–H groups in total.